The van der Waals surface area contributed by atoms with Crippen molar-refractivity contribution >= 4 is 36.5 Å². The average Bonchev–Trinajstić information content (AvgIpc) is 2.67. The van der Waals surface area contributed by atoms with E-state index in [1.54, 1.807) is 13.3 Å². The number of ether oxygens (including phenoxy) is 1. The van der Waals surface area contributed by atoms with E-state index in [4.69, 9.17) is 4.74 Å². The molecule has 0 spiro atoms. The van der Waals surface area contributed by atoms with Crippen LogP contribution in [0.5, 0.6) is 5.75 Å². The highest BCUT2D eigenvalue weighted by Crippen LogP contribution is 2.31. The molecule has 3 rings (SSSR count). The number of carbonyl (C=O) groups excluding carboxylic acids is 1. The van der Waals surface area contributed by atoms with Crippen molar-refractivity contribution in [2.24, 2.45) is 0 Å². The van der Waals surface area contributed by atoms with E-state index < -0.39 is 0 Å². The predicted molar refractivity (Wildman–Crippen MR) is 113 cm³/mol. The van der Waals surface area contributed by atoms with Crippen LogP contribution in [0.15, 0.2) is 42.6 Å². The summed E-state index contributed by atoms with van der Waals surface area (Å²) in [5.74, 6) is 1.63. The van der Waals surface area contributed by atoms with Crippen LogP contribution in [0.2, 0.25) is 0 Å². The average molecular weight is 413 g/mol. The van der Waals surface area contributed by atoms with Crippen molar-refractivity contribution in [3.8, 4) is 5.75 Å². The highest BCUT2D eigenvalue weighted by molar-refractivity contribution is 5.94. The Labute approximate surface area is 172 Å². The van der Waals surface area contributed by atoms with Gasteiger partial charge in [-0.3, -0.25) is 4.79 Å². The van der Waals surface area contributed by atoms with Crippen molar-refractivity contribution in [2.45, 2.75) is 6.04 Å². The monoisotopic (exact) mass is 412 g/mol. The van der Waals surface area contributed by atoms with E-state index in [1.165, 1.54) is 0 Å². The number of benzene rings is 1. The molecule has 0 aliphatic carbocycles. The summed E-state index contributed by atoms with van der Waals surface area (Å²) in [5, 5.41) is 3.37. The molecule has 2 aromatic rings. The molecule has 1 atom stereocenters. The molecule has 1 aliphatic heterocycles. The van der Waals surface area contributed by atoms with Gasteiger partial charge in [0.25, 0.3) is 5.91 Å². The Balaban J connectivity index is 0.00000182. The Kier molecular flexibility index (Phi) is 8.82. The Morgan fingerprint density at radius 1 is 1.22 bits per heavy atom. The van der Waals surface area contributed by atoms with E-state index in [0.29, 0.717) is 18.7 Å². The van der Waals surface area contributed by atoms with Crippen LogP contribution >= 0.6 is 24.8 Å². The maximum absolute atomic E-state index is 13.1. The number of halogens is 2. The first-order valence-corrected chi connectivity index (χ1v) is 8.40. The lowest BCUT2D eigenvalue weighted by Gasteiger charge is -2.37. The van der Waals surface area contributed by atoms with Gasteiger partial charge in [-0.25, -0.2) is 4.98 Å². The van der Waals surface area contributed by atoms with Crippen molar-refractivity contribution < 1.29 is 9.53 Å². The van der Waals surface area contributed by atoms with Crippen molar-refractivity contribution in [3.63, 3.8) is 0 Å². The number of anilines is 1. The van der Waals surface area contributed by atoms with Gasteiger partial charge in [-0.15, -0.1) is 24.8 Å². The van der Waals surface area contributed by atoms with Crippen molar-refractivity contribution in [1.82, 2.24) is 15.2 Å². The summed E-state index contributed by atoms with van der Waals surface area (Å²) in [6.07, 6.45) is 1.65. The molecule has 27 heavy (non-hydrogen) atoms. The van der Waals surface area contributed by atoms with Gasteiger partial charge in [-0.05, 0) is 18.2 Å². The van der Waals surface area contributed by atoms with Gasteiger partial charge in [0.2, 0.25) is 0 Å². The van der Waals surface area contributed by atoms with Gasteiger partial charge in [0.15, 0.2) is 0 Å². The Morgan fingerprint density at radius 3 is 2.59 bits per heavy atom. The number of amides is 1. The van der Waals surface area contributed by atoms with Crippen LogP contribution in [-0.2, 0) is 0 Å². The number of nitrogens with one attached hydrogen (secondary N) is 1. The Bertz CT molecular complexity index is 741. The Hall–Kier alpha value is -2.02. The fourth-order valence-corrected chi connectivity index (χ4v) is 3.11. The zero-order chi connectivity index (χ0) is 17.8. The van der Waals surface area contributed by atoms with Gasteiger partial charge < -0.3 is 19.9 Å². The molecule has 1 aliphatic rings. The van der Waals surface area contributed by atoms with Crippen LogP contribution in [0.1, 0.15) is 22.0 Å². The minimum atomic E-state index is -0.0640. The van der Waals surface area contributed by atoms with Crippen molar-refractivity contribution in [3.05, 3.63) is 53.7 Å². The van der Waals surface area contributed by atoms with Gasteiger partial charge in [-0.2, -0.15) is 0 Å². The van der Waals surface area contributed by atoms with E-state index in [9.17, 15) is 4.79 Å². The van der Waals surface area contributed by atoms with E-state index >= 15 is 0 Å². The molecule has 1 aromatic heterocycles. The molecular formula is C19H26Cl2N4O2. The molecule has 0 bridgehead atoms. The Morgan fingerprint density at radius 2 is 1.96 bits per heavy atom. The zero-order valence-corrected chi connectivity index (χ0v) is 17.3. The van der Waals surface area contributed by atoms with Gasteiger partial charge in [0, 0.05) is 45.5 Å². The van der Waals surface area contributed by atoms with E-state index in [2.05, 4.69) is 10.3 Å². The first-order valence-electron chi connectivity index (χ1n) is 8.40. The van der Waals surface area contributed by atoms with Crippen LogP contribution in [0.4, 0.5) is 5.82 Å². The summed E-state index contributed by atoms with van der Waals surface area (Å²) in [6, 6.07) is 11.5. The molecule has 0 saturated carbocycles. The molecule has 8 heteroatoms. The smallest absolute Gasteiger partial charge is 0.256 e. The zero-order valence-electron chi connectivity index (χ0n) is 15.7. The first kappa shape index (κ1) is 23.0. The second kappa shape index (κ2) is 10.3. The number of pyridine rings is 1. The predicted octanol–water partition coefficient (Wildman–Crippen LogP) is 2.79. The summed E-state index contributed by atoms with van der Waals surface area (Å²) in [4.78, 5) is 21.2. The number of hydrogen-bond donors (Lipinski definition) is 1. The summed E-state index contributed by atoms with van der Waals surface area (Å²) in [6.45, 7) is 2.13. The number of piperazine rings is 1. The van der Waals surface area contributed by atoms with Gasteiger partial charge in [0.05, 0.1) is 18.7 Å². The number of carbonyl (C=O) groups is 1. The van der Waals surface area contributed by atoms with Gasteiger partial charge >= 0.3 is 0 Å². The number of aromatic nitrogens is 1. The molecular weight excluding hydrogens is 387 g/mol. The summed E-state index contributed by atoms with van der Waals surface area (Å²) in [7, 11) is 5.51. The number of hydrogen-bond acceptors (Lipinski definition) is 5. The molecule has 1 N–H and O–H groups in total. The largest absolute Gasteiger partial charge is 0.496 e. The quantitative estimate of drug-likeness (QED) is 0.836. The molecule has 1 aromatic carbocycles. The fourth-order valence-electron chi connectivity index (χ4n) is 3.11. The highest BCUT2D eigenvalue weighted by Gasteiger charge is 2.30. The van der Waals surface area contributed by atoms with Gasteiger partial charge in [0.1, 0.15) is 11.6 Å². The SMILES string of the molecule is COc1ccccc1C1CNCCN1C(=O)c1ccc(N(C)C)nc1.Cl.Cl. The van der Waals surface area contributed by atoms with Crippen LogP contribution in [0.25, 0.3) is 0 Å². The van der Waals surface area contributed by atoms with Crippen LogP contribution in [0.3, 0.4) is 0 Å². The number of para-hydroxylation sites is 1. The second-order valence-electron chi connectivity index (χ2n) is 6.26. The minimum absolute atomic E-state index is 0. The summed E-state index contributed by atoms with van der Waals surface area (Å²) >= 11 is 0. The maximum Gasteiger partial charge on any atom is 0.256 e. The standard InChI is InChI=1S/C19H24N4O2.2ClH/c1-22(2)18-9-8-14(12-21-18)19(24)23-11-10-20-13-16(23)15-6-4-5-7-17(15)25-3;;/h4-9,12,16,20H,10-11,13H2,1-3H3;2*1H. The summed E-state index contributed by atoms with van der Waals surface area (Å²) in [5.41, 5.74) is 1.62. The normalized spacial score (nSPS) is 16.0. The molecule has 148 valence electrons. The van der Waals surface area contributed by atoms with Crippen LogP contribution in [-0.4, -0.2) is 56.6 Å². The lowest BCUT2D eigenvalue weighted by Crippen LogP contribution is -2.48. The van der Waals surface area contributed by atoms with Crippen LogP contribution < -0.4 is 15.0 Å². The molecule has 2 heterocycles. The number of methoxy groups -OCH3 is 1. The third-order valence-corrected chi connectivity index (χ3v) is 4.46. The summed E-state index contributed by atoms with van der Waals surface area (Å²) < 4.78 is 5.49. The molecule has 6 nitrogen and oxygen atoms in total. The first-order chi connectivity index (χ1) is 12.1. The van der Waals surface area contributed by atoms with Gasteiger partial charge in [-0.1, -0.05) is 18.2 Å². The second-order valence-corrected chi connectivity index (χ2v) is 6.26. The van der Waals surface area contributed by atoms with Crippen molar-refractivity contribution in [1.29, 1.82) is 0 Å². The third kappa shape index (κ3) is 5.03. The minimum Gasteiger partial charge on any atom is -0.496 e. The van der Waals surface area contributed by atoms with E-state index in [0.717, 1.165) is 23.7 Å². The van der Waals surface area contributed by atoms with E-state index in [1.807, 2.05) is 60.3 Å². The lowest BCUT2D eigenvalue weighted by molar-refractivity contribution is 0.0631. The van der Waals surface area contributed by atoms with Crippen molar-refractivity contribution in [2.75, 3.05) is 45.7 Å². The highest BCUT2D eigenvalue weighted by atomic mass is 35.5. The fraction of sp³-hybridized carbons (Fsp3) is 0.368. The lowest BCUT2D eigenvalue weighted by atomic mass is 10.0. The molecule has 0 radical (unpaired) electrons. The van der Waals surface area contributed by atoms with E-state index in [-0.39, 0.29) is 36.8 Å². The van der Waals surface area contributed by atoms with Crippen LogP contribution in [0, 0.1) is 0 Å². The molecule has 1 unspecified atom stereocenters. The number of nitrogens with zero attached hydrogens (tertiary/aromatic N) is 3. The topological polar surface area (TPSA) is 57.7 Å². The molecule has 1 amide bonds. The third-order valence-electron chi connectivity index (χ3n) is 4.46. The number of rotatable bonds is 4. The molecule has 1 saturated heterocycles. The maximum atomic E-state index is 13.1. The molecule has 1 fully saturated rings.